The van der Waals surface area contributed by atoms with E-state index in [-0.39, 0.29) is 27.5 Å². The number of amides is 1. The number of rotatable bonds is 8. The summed E-state index contributed by atoms with van der Waals surface area (Å²) in [6.45, 7) is 5.30. The molecule has 1 fully saturated rings. The Kier molecular flexibility index (Phi) is 7.74. The van der Waals surface area contributed by atoms with Crippen molar-refractivity contribution in [3.8, 4) is 16.9 Å². The van der Waals surface area contributed by atoms with E-state index >= 15 is 0 Å². The first-order chi connectivity index (χ1) is 18.3. The molecule has 3 heterocycles. The van der Waals surface area contributed by atoms with Crippen LogP contribution in [-0.2, 0) is 0 Å². The standard InChI is InChI=1S/C28H27Cl2FN4O3/c1-16(23-21(29)7-8-22(31)24(23)30)38-26-25-19(14-34-27(26)32)20(15-37-25)17-5-4-6-18(13-17)28(36)33-9-12-35-10-2-3-11-35/h4-8,13-16H,2-3,9-12H2,1H3,(H2,32,34)(H,33,36). The third-order valence-corrected chi connectivity index (χ3v) is 7.44. The fourth-order valence-corrected chi connectivity index (χ4v) is 5.41. The second kappa shape index (κ2) is 11.2. The van der Waals surface area contributed by atoms with E-state index in [2.05, 4.69) is 15.2 Å². The van der Waals surface area contributed by atoms with E-state index in [0.717, 1.165) is 30.8 Å². The van der Waals surface area contributed by atoms with Gasteiger partial charge in [0.05, 0.1) is 16.7 Å². The molecule has 0 bridgehead atoms. The van der Waals surface area contributed by atoms with Gasteiger partial charge in [-0.15, -0.1) is 0 Å². The van der Waals surface area contributed by atoms with Crippen molar-refractivity contribution in [3.05, 3.63) is 75.8 Å². The van der Waals surface area contributed by atoms with Crippen molar-refractivity contribution >= 4 is 45.9 Å². The van der Waals surface area contributed by atoms with E-state index < -0.39 is 11.9 Å². The number of nitrogen functional groups attached to an aromatic ring is 1. The number of nitrogens with zero attached hydrogens (tertiary/aromatic N) is 2. The van der Waals surface area contributed by atoms with Gasteiger partial charge in [0.1, 0.15) is 11.9 Å². The molecule has 4 aromatic rings. The number of ether oxygens (including phenoxy) is 1. The minimum Gasteiger partial charge on any atom is -0.478 e. The van der Waals surface area contributed by atoms with Crippen LogP contribution in [-0.4, -0.2) is 42.0 Å². The molecule has 0 saturated carbocycles. The van der Waals surface area contributed by atoms with E-state index in [1.807, 2.05) is 12.1 Å². The number of anilines is 1. The number of aromatic nitrogens is 1. The van der Waals surface area contributed by atoms with Gasteiger partial charge in [-0.3, -0.25) is 4.79 Å². The van der Waals surface area contributed by atoms with Gasteiger partial charge in [-0.2, -0.15) is 0 Å². The van der Waals surface area contributed by atoms with Crippen LogP contribution < -0.4 is 15.8 Å². The summed E-state index contributed by atoms with van der Waals surface area (Å²) in [5, 5.41) is 3.78. The molecule has 2 aromatic heterocycles. The first kappa shape index (κ1) is 26.3. The van der Waals surface area contributed by atoms with Crippen LogP contribution >= 0.6 is 23.2 Å². The van der Waals surface area contributed by atoms with Crippen LogP contribution in [0.3, 0.4) is 0 Å². The minimum atomic E-state index is -0.749. The predicted molar refractivity (Wildman–Crippen MR) is 147 cm³/mol. The van der Waals surface area contributed by atoms with Crippen molar-refractivity contribution in [2.24, 2.45) is 0 Å². The highest BCUT2D eigenvalue weighted by atomic mass is 35.5. The van der Waals surface area contributed by atoms with Gasteiger partial charge in [0.15, 0.2) is 11.4 Å². The number of carbonyl (C=O) groups is 1. The molecule has 3 N–H and O–H groups in total. The Hall–Kier alpha value is -3.33. The van der Waals surface area contributed by atoms with E-state index in [1.165, 1.54) is 25.0 Å². The Morgan fingerprint density at radius 2 is 2.05 bits per heavy atom. The lowest BCUT2D eigenvalue weighted by atomic mass is 10.0. The predicted octanol–water partition coefficient (Wildman–Crippen LogP) is 6.49. The van der Waals surface area contributed by atoms with Gasteiger partial charge in [0.2, 0.25) is 5.75 Å². The molecule has 0 spiro atoms. The lowest BCUT2D eigenvalue weighted by Crippen LogP contribution is -2.33. The number of halogens is 3. The molecule has 1 aliphatic rings. The van der Waals surface area contributed by atoms with Gasteiger partial charge in [-0.25, -0.2) is 9.37 Å². The number of likely N-dealkylation sites (tertiary alicyclic amines) is 1. The molecule has 1 atom stereocenters. The van der Waals surface area contributed by atoms with Gasteiger partial charge < -0.3 is 25.1 Å². The van der Waals surface area contributed by atoms with Crippen molar-refractivity contribution in [2.45, 2.75) is 25.9 Å². The van der Waals surface area contributed by atoms with Crippen molar-refractivity contribution in [1.82, 2.24) is 15.2 Å². The first-order valence-corrected chi connectivity index (χ1v) is 13.2. The van der Waals surface area contributed by atoms with Gasteiger partial charge in [0, 0.05) is 41.0 Å². The number of carbonyl (C=O) groups excluding carboxylic acids is 1. The van der Waals surface area contributed by atoms with Crippen molar-refractivity contribution in [2.75, 3.05) is 31.9 Å². The zero-order valence-electron chi connectivity index (χ0n) is 20.8. The summed E-state index contributed by atoms with van der Waals surface area (Å²) in [6, 6.07) is 9.90. The van der Waals surface area contributed by atoms with Crippen molar-refractivity contribution in [1.29, 1.82) is 0 Å². The molecule has 1 unspecified atom stereocenters. The molecule has 198 valence electrons. The number of hydrogen-bond donors (Lipinski definition) is 2. The number of hydrogen-bond acceptors (Lipinski definition) is 6. The van der Waals surface area contributed by atoms with Crippen LogP contribution in [0.25, 0.3) is 22.1 Å². The highest BCUT2D eigenvalue weighted by Gasteiger charge is 2.23. The van der Waals surface area contributed by atoms with Gasteiger partial charge in [-0.05, 0) is 62.7 Å². The van der Waals surface area contributed by atoms with Gasteiger partial charge >= 0.3 is 0 Å². The Labute approximate surface area is 229 Å². The summed E-state index contributed by atoms with van der Waals surface area (Å²) in [5.41, 5.74) is 8.83. The van der Waals surface area contributed by atoms with E-state index in [9.17, 15) is 9.18 Å². The maximum atomic E-state index is 14.1. The van der Waals surface area contributed by atoms with Gasteiger partial charge in [0.25, 0.3) is 5.91 Å². The zero-order valence-corrected chi connectivity index (χ0v) is 22.3. The largest absolute Gasteiger partial charge is 0.478 e. The van der Waals surface area contributed by atoms with Crippen LogP contribution in [0.4, 0.5) is 10.2 Å². The number of fused-ring (bicyclic) bond motifs is 1. The monoisotopic (exact) mass is 556 g/mol. The second-order valence-electron chi connectivity index (χ2n) is 9.27. The Balaban J connectivity index is 1.39. The average molecular weight is 557 g/mol. The summed E-state index contributed by atoms with van der Waals surface area (Å²) >= 11 is 12.4. The second-order valence-corrected chi connectivity index (χ2v) is 10.1. The summed E-state index contributed by atoms with van der Waals surface area (Å²) in [7, 11) is 0. The molecule has 7 nitrogen and oxygen atoms in total. The molecule has 1 aliphatic heterocycles. The van der Waals surface area contributed by atoms with Crippen LogP contribution in [0.1, 0.15) is 41.8 Å². The lowest BCUT2D eigenvalue weighted by molar-refractivity contribution is 0.0949. The fraction of sp³-hybridized carbons (Fsp3) is 0.286. The van der Waals surface area contributed by atoms with E-state index in [0.29, 0.717) is 28.6 Å². The van der Waals surface area contributed by atoms with Crippen LogP contribution in [0.2, 0.25) is 10.0 Å². The number of furan rings is 1. The van der Waals surface area contributed by atoms with Gasteiger partial charge in [-0.1, -0.05) is 35.3 Å². The highest BCUT2D eigenvalue weighted by molar-refractivity contribution is 6.36. The van der Waals surface area contributed by atoms with E-state index in [4.69, 9.17) is 38.1 Å². The molecule has 38 heavy (non-hydrogen) atoms. The maximum absolute atomic E-state index is 14.1. The summed E-state index contributed by atoms with van der Waals surface area (Å²) in [6.07, 6.45) is 4.84. The first-order valence-electron chi connectivity index (χ1n) is 12.4. The Morgan fingerprint density at radius 1 is 1.26 bits per heavy atom. The summed E-state index contributed by atoms with van der Waals surface area (Å²) in [4.78, 5) is 19.4. The average Bonchev–Trinajstić information content (AvgIpc) is 3.58. The SMILES string of the molecule is CC(Oc1c(N)ncc2c(-c3cccc(C(=O)NCCN4CCCC4)c3)coc12)c1c(Cl)ccc(F)c1Cl. The quantitative estimate of drug-likeness (QED) is 0.241. The molecule has 0 aliphatic carbocycles. The third-order valence-electron chi connectivity index (χ3n) is 6.73. The Bertz CT molecular complexity index is 1490. The fourth-order valence-electron chi connectivity index (χ4n) is 4.73. The number of nitrogens with one attached hydrogen (secondary N) is 1. The summed E-state index contributed by atoms with van der Waals surface area (Å²) in [5.74, 6) is -0.456. The summed E-state index contributed by atoms with van der Waals surface area (Å²) < 4.78 is 26.0. The topological polar surface area (TPSA) is 93.6 Å². The normalized spacial score (nSPS) is 14.6. The molecular weight excluding hydrogens is 530 g/mol. The molecule has 0 radical (unpaired) electrons. The number of nitrogens with two attached hydrogens (primary N) is 1. The number of pyridine rings is 1. The smallest absolute Gasteiger partial charge is 0.251 e. The molecular formula is C28H27Cl2FN4O3. The van der Waals surface area contributed by atoms with Crippen molar-refractivity contribution < 1.29 is 18.3 Å². The molecule has 1 saturated heterocycles. The molecule has 2 aromatic carbocycles. The van der Waals surface area contributed by atoms with Crippen LogP contribution in [0.5, 0.6) is 5.75 Å². The van der Waals surface area contributed by atoms with Crippen LogP contribution in [0, 0.1) is 5.82 Å². The molecule has 10 heteroatoms. The van der Waals surface area contributed by atoms with Crippen molar-refractivity contribution in [3.63, 3.8) is 0 Å². The highest BCUT2D eigenvalue weighted by Crippen LogP contribution is 2.41. The Morgan fingerprint density at radius 3 is 2.84 bits per heavy atom. The molecule has 5 rings (SSSR count). The minimum absolute atomic E-state index is 0.0972. The van der Waals surface area contributed by atoms with Crippen LogP contribution in [0.15, 0.2) is 53.3 Å². The van der Waals surface area contributed by atoms with E-state index in [1.54, 1.807) is 31.5 Å². The number of benzene rings is 2. The maximum Gasteiger partial charge on any atom is 0.251 e. The lowest BCUT2D eigenvalue weighted by Gasteiger charge is -2.18. The zero-order chi connectivity index (χ0) is 26.8. The third kappa shape index (κ3) is 5.29. The molecule has 1 amide bonds.